The van der Waals surface area contributed by atoms with Crippen molar-refractivity contribution >= 4 is 76.1 Å². The highest BCUT2D eigenvalue weighted by Gasteiger charge is 2.25. The fraction of sp³-hybridized carbons (Fsp3) is 0. The van der Waals surface area contributed by atoms with Crippen LogP contribution in [-0.2, 0) is 0 Å². The summed E-state index contributed by atoms with van der Waals surface area (Å²) >= 11 is 0. The van der Waals surface area contributed by atoms with Crippen LogP contribution < -0.4 is 0 Å². The second kappa shape index (κ2) is 12.0. The minimum Gasteiger partial charge on any atom is -0.307 e. The normalized spacial score (nSPS) is 11.9. The van der Waals surface area contributed by atoms with Crippen molar-refractivity contribution in [2.75, 3.05) is 0 Å². The number of hydrogen-bond donors (Lipinski definition) is 0. The minimum atomic E-state index is 0.713. The van der Waals surface area contributed by atoms with Crippen molar-refractivity contribution in [3.8, 4) is 34.0 Å². The first kappa shape index (κ1) is 30.9. The monoisotopic (exact) mass is 712 g/mol. The third-order valence-corrected chi connectivity index (χ3v) is 11.5. The van der Waals surface area contributed by atoms with Gasteiger partial charge in [-0.2, -0.15) is 0 Å². The second-order valence-electron chi connectivity index (χ2n) is 14.5. The summed E-state index contributed by atoms with van der Waals surface area (Å²) < 4.78 is 4.99. The third-order valence-electron chi connectivity index (χ3n) is 11.5. The molecule has 12 rings (SSSR count). The van der Waals surface area contributed by atoms with Gasteiger partial charge in [0.25, 0.3) is 0 Å². The van der Waals surface area contributed by atoms with Gasteiger partial charge in [-0.05, 0) is 58.6 Å². The van der Waals surface area contributed by atoms with Gasteiger partial charge in [-0.1, -0.05) is 152 Å². The smallest absolute Gasteiger partial charge is 0.161 e. The molecule has 0 spiro atoms. The number of aromatic nitrogens is 4. The van der Waals surface area contributed by atoms with E-state index in [4.69, 9.17) is 9.97 Å². The van der Waals surface area contributed by atoms with Gasteiger partial charge >= 0.3 is 0 Å². The zero-order valence-electron chi connectivity index (χ0n) is 30.3. The standard InChI is InChI=1S/C52H32N4/c1-3-17-33(18-4-1)49-40-25-11-14-28-43(40)53-52(54-49)39-31-32-46(36-22-8-7-21-35(36)39)56-45-30-16-13-27-42(45)48-38-24-10-9-23-37(38)47-41-26-12-15-29-44(41)55(50(47)51(48)56)34-19-5-2-6-20-34/h1-32H. The lowest BCUT2D eigenvalue weighted by molar-refractivity contribution is 1.16. The summed E-state index contributed by atoms with van der Waals surface area (Å²) in [4.78, 5) is 10.5. The molecule has 3 heterocycles. The summed E-state index contributed by atoms with van der Waals surface area (Å²) in [5.74, 6) is 0.713. The fourth-order valence-electron chi connectivity index (χ4n) is 9.17. The molecule has 0 saturated carbocycles. The van der Waals surface area contributed by atoms with Crippen LogP contribution in [0.1, 0.15) is 0 Å². The van der Waals surface area contributed by atoms with Gasteiger partial charge in [0.05, 0.1) is 39.0 Å². The van der Waals surface area contributed by atoms with E-state index in [2.05, 4.69) is 197 Å². The van der Waals surface area contributed by atoms with Gasteiger partial charge in [0.1, 0.15) is 0 Å². The van der Waals surface area contributed by atoms with Crippen LogP contribution in [0.3, 0.4) is 0 Å². The van der Waals surface area contributed by atoms with Crippen LogP contribution in [0.25, 0.3) is 110 Å². The summed E-state index contributed by atoms with van der Waals surface area (Å²) in [5.41, 5.74) is 10.9. The molecule has 0 N–H and O–H groups in total. The molecule has 0 saturated heterocycles. The van der Waals surface area contributed by atoms with Crippen molar-refractivity contribution < 1.29 is 0 Å². The van der Waals surface area contributed by atoms with E-state index < -0.39 is 0 Å². The Kier molecular flexibility index (Phi) is 6.60. The van der Waals surface area contributed by atoms with Crippen molar-refractivity contribution in [2.24, 2.45) is 0 Å². The Balaban J connectivity index is 1.24. The molecule has 3 aromatic heterocycles. The molecule has 56 heavy (non-hydrogen) atoms. The number of para-hydroxylation sites is 4. The summed E-state index contributed by atoms with van der Waals surface area (Å²) in [6, 6.07) is 69.5. The number of hydrogen-bond acceptors (Lipinski definition) is 2. The van der Waals surface area contributed by atoms with E-state index >= 15 is 0 Å². The molecule has 0 aliphatic carbocycles. The third kappa shape index (κ3) is 4.35. The van der Waals surface area contributed by atoms with E-state index in [-0.39, 0.29) is 0 Å². The Labute approximate surface area is 322 Å². The Morgan fingerprint density at radius 1 is 0.339 bits per heavy atom. The molecular weight excluding hydrogens is 681 g/mol. The zero-order chi connectivity index (χ0) is 36.7. The molecule has 0 radical (unpaired) electrons. The maximum Gasteiger partial charge on any atom is 0.161 e. The van der Waals surface area contributed by atoms with Crippen molar-refractivity contribution in [2.45, 2.75) is 0 Å². The first-order valence-corrected chi connectivity index (χ1v) is 19.1. The predicted octanol–water partition coefficient (Wildman–Crippen LogP) is 13.5. The number of rotatable bonds is 4. The van der Waals surface area contributed by atoms with E-state index in [1.165, 1.54) is 48.9 Å². The number of fused-ring (bicyclic) bond motifs is 12. The summed E-state index contributed by atoms with van der Waals surface area (Å²) in [5, 5.41) is 10.8. The van der Waals surface area contributed by atoms with Gasteiger partial charge in [-0.3, -0.25) is 0 Å². The average molecular weight is 713 g/mol. The molecule has 0 amide bonds. The molecule has 4 nitrogen and oxygen atoms in total. The highest BCUT2D eigenvalue weighted by molar-refractivity contribution is 6.36. The molecule has 9 aromatic carbocycles. The van der Waals surface area contributed by atoms with Crippen LogP contribution in [0.5, 0.6) is 0 Å². The van der Waals surface area contributed by atoms with Gasteiger partial charge < -0.3 is 9.13 Å². The van der Waals surface area contributed by atoms with Crippen LogP contribution >= 0.6 is 0 Å². The fourth-order valence-corrected chi connectivity index (χ4v) is 9.17. The maximum atomic E-state index is 5.31. The Morgan fingerprint density at radius 3 is 1.52 bits per heavy atom. The van der Waals surface area contributed by atoms with Crippen molar-refractivity contribution in [3.05, 3.63) is 194 Å². The second-order valence-corrected chi connectivity index (χ2v) is 14.5. The lowest BCUT2D eigenvalue weighted by Crippen LogP contribution is -2.01. The zero-order valence-corrected chi connectivity index (χ0v) is 30.3. The molecule has 0 fully saturated rings. The van der Waals surface area contributed by atoms with E-state index in [1.807, 2.05) is 6.07 Å². The molecule has 12 aromatic rings. The molecule has 0 unspecified atom stereocenters. The number of benzene rings is 9. The van der Waals surface area contributed by atoms with Crippen LogP contribution in [0.15, 0.2) is 194 Å². The molecule has 0 aliphatic rings. The lowest BCUT2D eigenvalue weighted by Gasteiger charge is -2.17. The minimum absolute atomic E-state index is 0.713. The van der Waals surface area contributed by atoms with Crippen LogP contribution in [0, 0.1) is 0 Å². The molecule has 0 aliphatic heterocycles. The molecule has 0 bridgehead atoms. The Morgan fingerprint density at radius 2 is 0.839 bits per heavy atom. The van der Waals surface area contributed by atoms with Gasteiger partial charge in [-0.25, -0.2) is 9.97 Å². The van der Waals surface area contributed by atoms with E-state index in [1.54, 1.807) is 0 Å². The van der Waals surface area contributed by atoms with Crippen LogP contribution in [-0.4, -0.2) is 19.1 Å². The molecular formula is C52H32N4. The first-order chi connectivity index (χ1) is 27.8. The summed E-state index contributed by atoms with van der Waals surface area (Å²) in [7, 11) is 0. The SMILES string of the molecule is c1ccc(-c2nc(-c3ccc(-n4c5ccccc5c5c6ccccc6c6c7ccccc7n(-c7ccccc7)c6c54)c4ccccc34)nc3ccccc23)cc1. The van der Waals surface area contributed by atoms with Gasteiger partial charge in [0, 0.05) is 49.1 Å². The molecule has 0 atom stereocenters. The van der Waals surface area contributed by atoms with E-state index in [0.717, 1.165) is 55.4 Å². The first-order valence-electron chi connectivity index (χ1n) is 19.1. The van der Waals surface area contributed by atoms with Crippen LogP contribution in [0.2, 0.25) is 0 Å². The average Bonchev–Trinajstić information content (AvgIpc) is 3.80. The highest BCUT2D eigenvalue weighted by Crippen LogP contribution is 2.47. The number of nitrogens with zero attached hydrogens (tertiary/aromatic N) is 4. The van der Waals surface area contributed by atoms with E-state index in [9.17, 15) is 0 Å². The Bertz CT molecular complexity index is 3520. The van der Waals surface area contributed by atoms with Crippen LogP contribution in [0.4, 0.5) is 0 Å². The van der Waals surface area contributed by atoms with Crippen molar-refractivity contribution in [3.63, 3.8) is 0 Å². The predicted molar refractivity (Wildman–Crippen MR) is 234 cm³/mol. The molecule has 4 heteroatoms. The van der Waals surface area contributed by atoms with Gasteiger partial charge in [0.15, 0.2) is 5.82 Å². The summed E-state index contributed by atoms with van der Waals surface area (Å²) in [6.45, 7) is 0. The maximum absolute atomic E-state index is 5.31. The van der Waals surface area contributed by atoms with E-state index in [0.29, 0.717) is 5.82 Å². The Hall–Kier alpha value is -7.56. The van der Waals surface area contributed by atoms with Gasteiger partial charge in [0.2, 0.25) is 0 Å². The van der Waals surface area contributed by atoms with Crippen molar-refractivity contribution in [1.29, 1.82) is 0 Å². The summed E-state index contributed by atoms with van der Waals surface area (Å²) in [6.07, 6.45) is 0. The molecule has 260 valence electrons. The lowest BCUT2D eigenvalue weighted by atomic mass is 9.98. The van der Waals surface area contributed by atoms with Gasteiger partial charge in [-0.15, -0.1) is 0 Å². The topological polar surface area (TPSA) is 35.6 Å². The van der Waals surface area contributed by atoms with Crippen molar-refractivity contribution in [1.82, 2.24) is 19.1 Å². The quantitative estimate of drug-likeness (QED) is 0.182. The highest BCUT2D eigenvalue weighted by atomic mass is 15.0. The largest absolute Gasteiger partial charge is 0.307 e.